The Morgan fingerprint density at radius 2 is 1.72 bits per heavy atom. The Morgan fingerprint density at radius 1 is 1.17 bits per heavy atom. The highest BCUT2D eigenvalue weighted by atomic mass is 35.5. The number of anilines is 3. The van der Waals surface area contributed by atoms with Gasteiger partial charge < -0.3 is 21.0 Å². The number of nitrogens with zero attached hydrogens (tertiary/aromatic N) is 2. The average molecular weight is 278 g/mol. The Morgan fingerprint density at radius 3 is 2.28 bits per heavy atom. The van der Waals surface area contributed by atoms with Crippen LogP contribution in [-0.4, -0.2) is 41.6 Å². The van der Waals surface area contributed by atoms with Gasteiger partial charge >= 0.3 is 0 Å². The molecule has 5 N–H and O–H groups in total. The first-order valence-electron chi connectivity index (χ1n) is 5.33. The van der Waals surface area contributed by atoms with Crippen molar-refractivity contribution in [3.8, 4) is 0 Å². The van der Waals surface area contributed by atoms with Crippen LogP contribution < -0.4 is 21.1 Å². The Kier molecular flexibility index (Phi) is 5.44. The molecule has 2 rings (SSSR count). The lowest BCUT2D eigenvalue weighted by Crippen LogP contribution is -2.42. The molecule has 0 aliphatic carbocycles. The number of rotatable bonds is 1. The molecule has 1 aromatic rings. The highest BCUT2D eigenvalue weighted by Crippen LogP contribution is 2.23. The van der Waals surface area contributed by atoms with Gasteiger partial charge in [0.15, 0.2) is 5.82 Å². The van der Waals surface area contributed by atoms with E-state index in [0.29, 0.717) is 17.5 Å². The number of fused-ring (bicyclic) bond motifs is 1. The lowest BCUT2D eigenvalue weighted by Gasteiger charge is -2.30. The van der Waals surface area contributed by atoms with Crippen LogP contribution in [0, 0.1) is 0 Å². The van der Waals surface area contributed by atoms with Crippen molar-refractivity contribution in [2.75, 3.05) is 29.6 Å². The van der Waals surface area contributed by atoms with Crippen molar-refractivity contribution in [2.24, 2.45) is 0 Å². The van der Waals surface area contributed by atoms with Crippen LogP contribution in [0.4, 0.5) is 17.5 Å². The second-order valence-corrected chi connectivity index (χ2v) is 4.37. The van der Waals surface area contributed by atoms with Gasteiger partial charge in [-0.15, -0.1) is 12.4 Å². The van der Waals surface area contributed by atoms with E-state index in [2.05, 4.69) is 27.5 Å². The third kappa shape index (κ3) is 2.85. The normalized spacial score (nSPS) is 20.4. The zero-order valence-electron chi connectivity index (χ0n) is 10.9. The maximum atomic E-state index is 11.8. The third-order valence-corrected chi connectivity index (χ3v) is 2.82. The molecule has 1 aliphatic heterocycles. The molecule has 0 fully saturated rings. The summed E-state index contributed by atoms with van der Waals surface area (Å²) in [6.45, 7) is 4.08. The second-order valence-electron chi connectivity index (χ2n) is 4.37. The Hall–Kier alpha value is -1.47. The maximum Gasteiger partial charge on any atom is 0.277 e. The van der Waals surface area contributed by atoms with E-state index in [1.165, 1.54) is 0 Å². The molecule has 0 radical (unpaired) electrons. The number of H-pyrrole nitrogens is 1. The van der Waals surface area contributed by atoms with E-state index in [0.717, 1.165) is 0 Å². The van der Waals surface area contributed by atoms with Crippen LogP contribution in [-0.2, 0) is 0 Å². The van der Waals surface area contributed by atoms with Crippen LogP contribution in [0.2, 0.25) is 0 Å². The minimum Gasteiger partial charge on any atom is -0.412 e. The lowest BCUT2D eigenvalue weighted by atomic mass is 10.1. The summed E-state index contributed by atoms with van der Waals surface area (Å²) in [6, 6.07) is 0.456. The van der Waals surface area contributed by atoms with Crippen molar-refractivity contribution in [1.82, 2.24) is 9.97 Å². The summed E-state index contributed by atoms with van der Waals surface area (Å²) in [5.74, 6) is 1.18. The highest BCUT2D eigenvalue weighted by molar-refractivity contribution is 5.85. The summed E-state index contributed by atoms with van der Waals surface area (Å²) in [4.78, 5) is 20.7. The van der Waals surface area contributed by atoms with Crippen LogP contribution in [0.1, 0.15) is 13.8 Å². The van der Waals surface area contributed by atoms with Crippen LogP contribution in [0.3, 0.4) is 0 Å². The summed E-state index contributed by atoms with van der Waals surface area (Å²) in [6.07, 6.45) is 0. The molecule has 104 valence electrons. The zero-order chi connectivity index (χ0) is 11.9. The van der Waals surface area contributed by atoms with Crippen molar-refractivity contribution < 1.29 is 5.48 Å². The van der Waals surface area contributed by atoms with Crippen molar-refractivity contribution in [3.63, 3.8) is 0 Å². The predicted octanol–water partition coefficient (Wildman–Crippen LogP) is 0.0474. The van der Waals surface area contributed by atoms with Gasteiger partial charge in [-0.2, -0.15) is 4.98 Å². The molecule has 0 spiro atoms. The summed E-state index contributed by atoms with van der Waals surface area (Å²) >= 11 is 0. The van der Waals surface area contributed by atoms with Gasteiger partial charge in [0.05, 0.1) is 0 Å². The largest absolute Gasteiger partial charge is 0.412 e. The van der Waals surface area contributed by atoms with Gasteiger partial charge in [0.1, 0.15) is 5.69 Å². The first-order valence-corrected chi connectivity index (χ1v) is 5.33. The van der Waals surface area contributed by atoms with Crippen molar-refractivity contribution in [3.05, 3.63) is 10.4 Å². The quantitative estimate of drug-likeness (QED) is 0.673. The van der Waals surface area contributed by atoms with Crippen molar-refractivity contribution >= 4 is 29.9 Å². The molecule has 8 heteroatoms. The number of hydrogen-bond donors (Lipinski definition) is 3. The molecule has 1 aromatic heterocycles. The summed E-state index contributed by atoms with van der Waals surface area (Å²) in [5.41, 5.74) is 0.385. The Labute approximate surface area is 112 Å². The number of aromatic amines is 1. The predicted molar refractivity (Wildman–Crippen MR) is 76.2 cm³/mol. The molecule has 2 atom stereocenters. The van der Waals surface area contributed by atoms with Crippen LogP contribution in [0.25, 0.3) is 0 Å². The fourth-order valence-corrected chi connectivity index (χ4v) is 1.60. The standard InChI is InChI=1S/C10H17N5O.ClH.H2O/c1-5-6(2)12-8-7(11-5)9(16)14-10(13-8)15(3)4;;/h5-6,11H,1-4H3,(H2,12,13,14,16);1H;1H2. The summed E-state index contributed by atoms with van der Waals surface area (Å²) < 4.78 is 0. The molecule has 0 bridgehead atoms. The molecule has 2 heterocycles. The SMILES string of the molecule is CC1Nc2nc(N(C)C)[nH]c(=O)c2NC1C.Cl.O. The second kappa shape index (κ2) is 5.92. The van der Waals surface area contributed by atoms with Crippen LogP contribution in [0.15, 0.2) is 4.79 Å². The van der Waals surface area contributed by atoms with Gasteiger partial charge in [0.25, 0.3) is 5.56 Å². The van der Waals surface area contributed by atoms with E-state index in [1.54, 1.807) is 4.90 Å². The van der Waals surface area contributed by atoms with Crippen molar-refractivity contribution in [2.45, 2.75) is 25.9 Å². The zero-order valence-corrected chi connectivity index (χ0v) is 11.7. The first kappa shape index (κ1) is 16.5. The topological polar surface area (TPSA) is 105 Å². The van der Waals surface area contributed by atoms with E-state index < -0.39 is 0 Å². The number of halogens is 1. The van der Waals surface area contributed by atoms with Crippen molar-refractivity contribution in [1.29, 1.82) is 0 Å². The molecule has 0 aromatic carbocycles. The van der Waals surface area contributed by atoms with E-state index in [4.69, 9.17) is 0 Å². The summed E-state index contributed by atoms with van der Waals surface area (Å²) in [5, 5.41) is 6.38. The van der Waals surface area contributed by atoms with E-state index in [-0.39, 0.29) is 35.5 Å². The molecule has 0 saturated carbocycles. The first-order chi connectivity index (χ1) is 7.49. The molecule has 1 aliphatic rings. The molecule has 7 nitrogen and oxygen atoms in total. The van der Waals surface area contributed by atoms with Gasteiger partial charge in [-0.05, 0) is 13.8 Å². The lowest BCUT2D eigenvalue weighted by molar-refractivity contribution is 0.655. The van der Waals surface area contributed by atoms with E-state index in [9.17, 15) is 4.79 Å². The maximum absolute atomic E-state index is 11.8. The number of aromatic nitrogens is 2. The van der Waals surface area contributed by atoms with Crippen LogP contribution >= 0.6 is 12.4 Å². The van der Waals surface area contributed by atoms with Gasteiger partial charge in [0.2, 0.25) is 5.95 Å². The molecular formula is C10H20ClN5O2. The van der Waals surface area contributed by atoms with E-state index in [1.807, 2.05) is 21.0 Å². The molecule has 0 amide bonds. The molecule has 0 saturated heterocycles. The fraction of sp³-hybridized carbons (Fsp3) is 0.600. The van der Waals surface area contributed by atoms with Gasteiger partial charge in [-0.1, -0.05) is 0 Å². The highest BCUT2D eigenvalue weighted by Gasteiger charge is 2.24. The van der Waals surface area contributed by atoms with Gasteiger partial charge in [-0.25, -0.2) is 0 Å². The minimum absolute atomic E-state index is 0. The number of nitrogens with one attached hydrogen (secondary N) is 3. The number of hydrogen-bond acceptors (Lipinski definition) is 5. The van der Waals surface area contributed by atoms with Gasteiger partial charge in [0, 0.05) is 26.2 Å². The summed E-state index contributed by atoms with van der Waals surface area (Å²) in [7, 11) is 3.68. The minimum atomic E-state index is -0.139. The van der Waals surface area contributed by atoms with Crippen LogP contribution in [0.5, 0.6) is 0 Å². The van der Waals surface area contributed by atoms with Gasteiger partial charge in [-0.3, -0.25) is 9.78 Å². The van der Waals surface area contributed by atoms with E-state index >= 15 is 0 Å². The Balaban J connectivity index is 0.00000144. The third-order valence-electron chi connectivity index (χ3n) is 2.82. The molecular weight excluding hydrogens is 258 g/mol. The Bertz CT molecular complexity index is 462. The molecule has 18 heavy (non-hydrogen) atoms. The smallest absolute Gasteiger partial charge is 0.277 e. The average Bonchev–Trinajstić information content (AvgIpc) is 2.20. The fourth-order valence-electron chi connectivity index (χ4n) is 1.60. The molecule has 2 unspecified atom stereocenters. The monoisotopic (exact) mass is 277 g/mol.